The van der Waals surface area contributed by atoms with Crippen LogP contribution in [-0.4, -0.2) is 31.3 Å². The van der Waals surface area contributed by atoms with Gasteiger partial charge in [0.05, 0.1) is 12.4 Å². The summed E-state index contributed by atoms with van der Waals surface area (Å²) < 4.78 is 3.89. The molecule has 0 saturated heterocycles. The van der Waals surface area contributed by atoms with Gasteiger partial charge in [0.1, 0.15) is 0 Å². The molecule has 0 amide bonds. The van der Waals surface area contributed by atoms with E-state index < -0.39 is 0 Å². The third-order valence-electron chi connectivity index (χ3n) is 3.80. The zero-order chi connectivity index (χ0) is 13.1. The summed E-state index contributed by atoms with van der Waals surface area (Å²) in [5.41, 5.74) is 2.77. The second-order valence-electron chi connectivity index (χ2n) is 5.09. The Morgan fingerprint density at radius 1 is 1.47 bits per heavy atom. The molecule has 102 valence electrons. The van der Waals surface area contributed by atoms with Crippen molar-refractivity contribution in [1.82, 2.24) is 30.1 Å². The molecule has 1 aliphatic carbocycles. The summed E-state index contributed by atoms with van der Waals surface area (Å²) >= 11 is 0. The van der Waals surface area contributed by atoms with Crippen LogP contribution in [0.5, 0.6) is 0 Å². The van der Waals surface area contributed by atoms with Crippen LogP contribution in [-0.2, 0) is 20.0 Å². The molecule has 0 aromatic carbocycles. The molecule has 0 aliphatic heterocycles. The molecular weight excluding hydrogens is 240 g/mol. The minimum atomic E-state index is 0.466. The van der Waals surface area contributed by atoms with Crippen LogP contribution in [0.3, 0.4) is 0 Å². The number of nitrogens with zero attached hydrogens (tertiary/aromatic N) is 5. The Labute approximate surface area is 112 Å². The topological polar surface area (TPSA) is 60.6 Å². The van der Waals surface area contributed by atoms with Crippen LogP contribution in [0.4, 0.5) is 0 Å². The Bertz CT molecular complexity index is 515. The Hall–Kier alpha value is -1.69. The average molecular weight is 260 g/mol. The molecule has 1 N–H and O–H groups in total. The third kappa shape index (κ3) is 2.68. The van der Waals surface area contributed by atoms with Gasteiger partial charge in [-0.1, -0.05) is 5.21 Å². The Kier molecular flexibility index (Phi) is 3.59. The van der Waals surface area contributed by atoms with E-state index in [-0.39, 0.29) is 0 Å². The SMILES string of the molecule is Cn1ncc2c1CCCC2NCCCn1ccnn1. The van der Waals surface area contributed by atoms with Gasteiger partial charge in [-0.15, -0.1) is 5.10 Å². The van der Waals surface area contributed by atoms with Crippen molar-refractivity contribution in [2.75, 3.05) is 6.54 Å². The first-order chi connectivity index (χ1) is 9.34. The van der Waals surface area contributed by atoms with E-state index in [1.165, 1.54) is 24.1 Å². The predicted octanol–water partition coefficient (Wildman–Crippen LogP) is 1.07. The lowest BCUT2D eigenvalue weighted by Crippen LogP contribution is -2.26. The van der Waals surface area contributed by atoms with Gasteiger partial charge in [0.2, 0.25) is 0 Å². The first-order valence-corrected chi connectivity index (χ1v) is 6.93. The summed E-state index contributed by atoms with van der Waals surface area (Å²) in [5.74, 6) is 0. The summed E-state index contributed by atoms with van der Waals surface area (Å²) in [6, 6.07) is 0.466. The monoisotopic (exact) mass is 260 g/mol. The van der Waals surface area contributed by atoms with E-state index in [0.717, 1.165) is 25.9 Å². The fourth-order valence-electron chi connectivity index (χ4n) is 2.79. The summed E-state index contributed by atoms with van der Waals surface area (Å²) in [7, 11) is 2.03. The van der Waals surface area contributed by atoms with Gasteiger partial charge in [0.25, 0.3) is 0 Å². The Balaban J connectivity index is 1.51. The molecule has 0 radical (unpaired) electrons. The van der Waals surface area contributed by atoms with Gasteiger partial charge in [-0.25, -0.2) is 0 Å². The van der Waals surface area contributed by atoms with E-state index in [0.29, 0.717) is 6.04 Å². The number of aryl methyl sites for hydroxylation is 2. The lowest BCUT2D eigenvalue weighted by atomic mass is 9.93. The smallest absolute Gasteiger partial charge is 0.0692 e. The molecule has 0 saturated carbocycles. The number of aromatic nitrogens is 5. The summed E-state index contributed by atoms with van der Waals surface area (Å²) in [5, 5.41) is 15.8. The van der Waals surface area contributed by atoms with Crippen LogP contribution in [0.2, 0.25) is 0 Å². The van der Waals surface area contributed by atoms with Crippen molar-refractivity contribution in [1.29, 1.82) is 0 Å². The van der Waals surface area contributed by atoms with Crippen molar-refractivity contribution < 1.29 is 0 Å². The molecule has 1 atom stereocenters. The second kappa shape index (κ2) is 5.52. The molecule has 2 aromatic rings. The Morgan fingerprint density at radius 2 is 2.42 bits per heavy atom. The summed E-state index contributed by atoms with van der Waals surface area (Å²) in [4.78, 5) is 0. The normalized spacial score (nSPS) is 18.5. The molecule has 6 heteroatoms. The van der Waals surface area contributed by atoms with E-state index in [2.05, 4.69) is 20.7 Å². The van der Waals surface area contributed by atoms with Crippen molar-refractivity contribution in [3.05, 3.63) is 29.8 Å². The van der Waals surface area contributed by atoms with Crippen molar-refractivity contribution in [3.8, 4) is 0 Å². The lowest BCUT2D eigenvalue weighted by molar-refractivity contribution is 0.434. The summed E-state index contributed by atoms with van der Waals surface area (Å²) in [6.45, 7) is 1.92. The predicted molar refractivity (Wildman–Crippen MR) is 71.5 cm³/mol. The van der Waals surface area contributed by atoms with Crippen LogP contribution in [0.1, 0.15) is 36.6 Å². The molecule has 1 unspecified atom stereocenters. The fourth-order valence-corrected chi connectivity index (χ4v) is 2.79. The standard InChI is InChI=1S/C13H20N6/c1-18-13-5-2-4-12(11(13)10-16-18)14-6-3-8-19-9-7-15-17-19/h7,9-10,12,14H,2-6,8H2,1H3. The number of fused-ring (bicyclic) bond motifs is 1. The highest BCUT2D eigenvalue weighted by Gasteiger charge is 2.22. The molecule has 6 nitrogen and oxygen atoms in total. The van der Waals surface area contributed by atoms with Crippen LogP contribution >= 0.6 is 0 Å². The van der Waals surface area contributed by atoms with Gasteiger partial charge in [0.15, 0.2) is 0 Å². The molecule has 2 heterocycles. The van der Waals surface area contributed by atoms with Crippen LogP contribution < -0.4 is 5.32 Å². The van der Waals surface area contributed by atoms with E-state index in [1.807, 2.05) is 28.8 Å². The molecular formula is C13H20N6. The maximum Gasteiger partial charge on any atom is 0.0692 e. The molecule has 2 aromatic heterocycles. The average Bonchev–Trinajstić information content (AvgIpc) is 3.06. The quantitative estimate of drug-likeness (QED) is 0.817. The maximum absolute atomic E-state index is 4.37. The minimum absolute atomic E-state index is 0.466. The molecule has 19 heavy (non-hydrogen) atoms. The van der Waals surface area contributed by atoms with Crippen molar-refractivity contribution in [2.45, 2.75) is 38.3 Å². The fraction of sp³-hybridized carbons (Fsp3) is 0.615. The zero-order valence-electron chi connectivity index (χ0n) is 11.3. The minimum Gasteiger partial charge on any atom is -0.310 e. The Morgan fingerprint density at radius 3 is 3.26 bits per heavy atom. The molecule has 0 fully saturated rings. The number of rotatable bonds is 5. The van der Waals surface area contributed by atoms with E-state index in [9.17, 15) is 0 Å². The highest BCUT2D eigenvalue weighted by atomic mass is 15.4. The van der Waals surface area contributed by atoms with Crippen LogP contribution in [0, 0.1) is 0 Å². The largest absolute Gasteiger partial charge is 0.310 e. The van der Waals surface area contributed by atoms with Gasteiger partial charge in [-0.3, -0.25) is 9.36 Å². The van der Waals surface area contributed by atoms with E-state index in [4.69, 9.17) is 0 Å². The molecule has 0 bridgehead atoms. The third-order valence-corrected chi connectivity index (χ3v) is 3.80. The number of hydrogen-bond acceptors (Lipinski definition) is 4. The van der Waals surface area contributed by atoms with Crippen LogP contribution in [0.15, 0.2) is 18.6 Å². The highest BCUT2D eigenvalue weighted by Crippen LogP contribution is 2.28. The maximum atomic E-state index is 4.37. The van der Waals surface area contributed by atoms with Gasteiger partial charge in [0, 0.05) is 37.1 Å². The van der Waals surface area contributed by atoms with Gasteiger partial charge in [-0.2, -0.15) is 5.10 Å². The lowest BCUT2D eigenvalue weighted by Gasteiger charge is -2.23. The van der Waals surface area contributed by atoms with Crippen molar-refractivity contribution in [3.63, 3.8) is 0 Å². The second-order valence-corrected chi connectivity index (χ2v) is 5.09. The van der Waals surface area contributed by atoms with E-state index >= 15 is 0 Å². The van der Waals surface area contributed by atoms with Crippen molar-refractivity contribution >= 4 is 0 Å². The first-order valence-electron chi connectivity index (χ1n) is 6.93. The van der Waals surface area contributed by atoms with Gasteiger partial charge < -0.3 is 5.32 Å². The first kappa shape index (κ1) is 12.3. The zero-order valence-corrected chi connectivity index (χ0v) is 11.3. The van der Waals surface area contributed by atoms with Gasteiger partial charge >= 0.3 is 0 Å². The van der Waals surface area contributed by atoms with Crippen LogP contribution in [0.25, 0.3) is 0 Å². The summed E-state index contributed by atoms with van der Waals surface area (Å²) in [6.07, 6.45) is 10.3. The van der Waals surface area contributed by atoms with Gasteiger partial charge in [-0.05, 0) is 32.2 Å². The highest BCUT2D eigenvalue weighted by molar-refractivity contribution is 5.24. The molecule has 1 aliphatic rings. The van der Waals surface area contributed by atoms with E-state index in [1.54, 1.807) is 6.20 Å². The molecule has 0 spiro atoms. The number of nitrogens with one attached hydrogen (secondary N) is 1. The number of hydrogen-bond donors (Lipinski definition) is 1. The van der Waals surface area contributed by atoms with Crippen molar-refractivity contribution in [2.24, 2.45) is 7.05 Å². The molecule has 3 rings (SSSR count).